The largest absolute Gasteiger partial charge is 0.356 e. The Balaban J connectivity index is 3.61. The molecule has 1 rings (SSSR count). The highest BCUT2D eigenvalue weighted by atomic mass is 35.5. The van der Waals surface area contributed by atoms with Gasteiger partial charge < -0.3 is 4.98 Å². The number of aromatic nitrogens is 1. The van der Waals surface area contributed by atoms with E-state index in [1.165, 1.54) is 6.07 Å². The summed E-state index contributed by atoms with van der Waals surface area (Å²) in [7, 11) is 0. The summed E-state index contributed by atoms with van der Waals surface area (Å²) in [5.41, 5.74) is -3.44. The lowest BCUT2D eigenvalue weighted by molar-refractivity contribution is 0.106. The monoisotopic (exact) mass is 232 g/mol. The second kappa shape index (κ2) is 4.19. The Hall–Kier alpha value is -1.74. The molecule has 1 aromatic rings. The van der Waals surface area contributed by atoms with Crippen molar-refractivity contribution in [3.05, 3.63) is 33.2 Å². The van der Waals surface area contributed by atoms with Crippen LogP contribution >= 0.6 is 11.6 Å². The smallest absolute Gasteiger partial charge is 0.269 e. The number of nitriles is 1. The number of nitrogens with one attached hydrogen (secondary N) is 1. The lowest BCUT2D eigenvalue weighted by atomic mass is 10.1. The maximum absolute atomic E-state index is 12.4. The minimum absolute atomic E-state index is 0.494. The molecule has 78 valence electrons. The normalized spacial score (nSPS) is 10.1. The number of rotatable bonds is 2. The predicted molar refractivity (Wildman–Crippen MR) is 46.9 cm³/mol. The SMILES string of the molecule is N#Cc1c[nH]c(C(=O)Cl)c(C(F)F)c1=O. The molecule has 0 aliphatic carbocycles. The van der Waals surface area contributed by atoms with Crippen molar-refractivity contribution < 1.29 is 13.6 Å². The third-order valence-electron chi connectivity index (χ3n) is 1.65. The predicted octanol–water partition coefficient (Wildman–Crippen LogP) is 1.56. The van der Waals surface area contributed by atoms with Crippen molar-refractivity contribution in [2.24, 2.45) is 0 Å². The van der Waals surface area contributed by atoms with E-state index in [-0.39, 0.29) is 0 Å². The van der Waals surface area contributed by atoms with Gasteiger partial charge in [0.25, 0.3) is 11.7 Å². The molecule has 0 aromatic carbocycles. The summed E-state index contributed by atoms with van der Waals surface area (Å²) < 4.78 is 24.8. The molecule has 1 N–H and O–H groups in total. The standard InChI is InChI=1S/C8H3ClF2N2O2/c9-7(15)5-4(8(10)11)6(14)3(1-12)2-13-5/h2,8H,(H,13,14). The van der Waals surface area contributed by atoms with Gasteiger partial charge in [0.1, 0.15) is 17.3 Å². The van der Waals surface area contributed by atoms with Crippen LogP contribution in [-0.4, -0.2) is 10.2 Å². The number of hydrogen-bond acceptors (Lipinski definition) is 3. The average molecular weight is 233 g/mol. The van der Waals surface area contributed by atoms with Crippen LogP contribution in [0.3, 0.4) is 0 Å². The van der Waals surface area contributed by atoms with Crippen LogP contribution in [-0.2, 0) is 0 Å². The van der Waals surface area contributed by atoms with Gasteiger partial charge in [-0.25, -0.2) is 8.78 Å². The number of aromatic amines is 1. The first kappa shape index (κ1) is 11.3. The fraction of sp³-hybridized carbons (Fsp3) is 0.125. The molecule has 15 heavy (non-hydrogen) atoms. The summed E-state index contributed by atoms with van der Waals surface area (Å²) in [6.07, 6.45) is -2.30. The number of hydrogen-bond donors (Lipinski definition) is 1. The quantitative estimate of drug-likeness (QED) is 0.787. The fourth-order valence-electron chi connectivity index (χ4n) is 1.00. The van der Waals surface area contributed by atoms with Crippen molar-refractivity contribution in [3.63, 3.8) is 0 Å². The third kappa shape index (κ3) is 2.02. The van der Waals surface area contributed by atoms with Crippen LogP contribution in [0.15, 0.2) is 11.0 Å². The highest BCUT2D eigenvalue weighted by molar-refractivity contribution is 6.67. The van der Waals surface area contributed by atoms with Gasteiger partial charge in [-0.15, -0.1) is 0 Å². The van der Waals surface area contributed by atoms with Gasteiger partial charge in [0, 0.05) is 6.20 Å². The van der Waals surface area contributed by atoms with E-state index >= 15 is 0 Å². The Labute approximate surface area is 87.1 Å². The van der Waals surface area contributed by atoms with E-state index in [4.69, 9.17) is 16.9 Å². The van der Waals surface area contributed by atoms with Crippen molar-refractivity contribution in [3.8, 4) is 6.07 Å². The summed E-state index contributed by atoms with van der Waals surface area (Å²) in [6.45, 7) is 0. The van der Waals surface area contributed by atoms with Crippen molar-refractivity contribution in [2.45, 2.75) is 6.43 Å². The van der Waals surface area contributed by atoms with Crippen LogP contribution in [0.4, 0.5) is 8.78 Å². The molecule has 1 heterocycles. The van der Waals surface area contributed by atoms with E-state index in [1.807, 2.05) is 0 Å². The van der Waals surface area contributed by atoms with E-state index < -0.39 is 33.9 Å². The third-order valence-corrected chi connectivity index (χ3v) is 1.84. The van der Waals surface area contributed by atoms with Crippen molar-refractivity contribution in [1.82, 2.24) is 4.98 Å². The highest BCUT2D eigenvalue weighted by Gasteiger charge is 2.23. The van der Waals surface area contributed by atoms with E-state index in [0.29, 0.717) is 0 Å². The van der Waals surface area contributed by atoms with Gasteiger partial charge in [-0.2, -0.15) is 5.26 Å². The van der Waals surface area contributed by atoms with Gasteiger partial charge >= 0.3 is 0 Å². The Morgan fingerprint density at radius 2 is 2.20 bits per heavy atom. The lowest BCUT2D eigenvalue weighted by Gasteiger charge is -2.03. The molecule has 7 heteroatoms. The summed E-state index contributed by atoms with van der Waals surface area (Å²) in [5, 5.41) is 7.22. The maximum Gasteiger partial charge on any atom is 0.269 e. The van der Waals surface area contributed by atoms with Gasteiger partial charge in [0.15, 0.2) is 0 Å². The van der Waals surface area contributed by atoms with Crippen LogP contribution in [0.25, 0.3) is 0 Å². The molecular formula is C8H3ClF2N2O2. The number of alkyl halides is 2. The second-order valence-electron chi connectivity index (χ2n) is 2.51. The summed E-state index contributed by atoms with van der Waals surface area (Å²) >= 11 is 4.99. The minimum Gasteiger partial charge on any atom is -0.356 e. The van der Waals surface area contributed by atoms with Crippen LogP contribution in [0.2, 0.25) is 0 Å². The number of carbonyl (C=O) groups is 1. The van der Waals surface area contributed by atoms with E-state index in [0.717, 1.165) is 6.20 Å². The van der Waals surface area contributed by atoms with Gasteiger partial charge in [-0.3, -0.25) is 9.59 Å². The van der Waals surface area contributed by atoms with Crippen molar-refractivity contribution in [1.29, 1.82) is 5.26 Å². The van der Waals surface area contributed by atoms with Gasteiger partial charge in [0.05, 0.1) is 5.56 Å². The van der Waals surface area contributed by atoms with Crippen molar-refractivity contribution >= 4 is 16.8 Å². The Morgan fingerprint density at radius 1 is 1.60 bits per heavy atom. The molecule has 0 atom stereocenters. The Morgan fingerprint density at radius 3 is 2.60 bits per heavy atom. The number of carbonyl (C=O) groups excluding carboxylic acids is 1. The van der Waals surface area contributed by atoms with Crippen LogP contribution in [0, 0.1) is 11.3 Å². The zero-order valence-electron chi connectivity index (χ0n) is 7.05. The number of nitrogens with zero attached hydrogens (tertiary/aromatic N) is 1. The molecular weight excluding hydrogens is 230 g/mol. The zero-order chi connectivity index (χ0) is 11.6. The second-order valence-corrected chi connectivity index (χ2v) is 2.85. The van der Waals surface area contributed by atoms with E-state index in [9.17, 15) is 18.4 Å². The molecule has 0 radical (unpaired) electrons. The topological polar surface area (TPSA) is 73.7 Å². The molecule has 0 spiro atoms. The molecule has 0 saturated carbocycles. The summed E-state index contributed by atoms with van der Waals surface area (Å²) in [4.78, 5) is 24.0. The average Bonchev–Trinajstić information content (AvgIpc) is 2.16. The molecule has 1 aromatic heterocycles. The Kier molecular flexibility index (Phi) is 3.17. The first-order valence-corrected chi connectivity index (χ1v) is 4.00. The van der Waals surface area contributed by atoms with Crippen LogP contribution in [0.1, 0.15) is 28.0 Å². The summed E-state index contributed by atoms with van der Waals surface area (Å²) in [5.74, 6) is 0. The molecule has 0 bridgehead atoms. The fourth-order valence-corrected chi connectivity index (χ4v) is 1.16. The van der Waals surface area contributed by atoms with E-state index in [1.54, 1.807) is 0 Å². The van der Waals surface area contributed by atoms with Crippen LogP contribution < -0.4 is 5.43 Å². The molecule has 0 unspecified atom stereocenters. The highest BCUT2D eigenvalue weighted by Crippen LogP contribution is 2.19. The Bertz CT molecular complexity index is 504. The first-order chi connectivity index (χ1) is 6.99. The number of H-pyrrole nitrogens is 1. The first-order valence-electron chi connectivity index (χ1n) is 3.62. The maximum atomic E-state index is 12.4. The molecule has 0 aliphatic rings. The zero-order valence-corrected chi connectivity index (χ0v) is 7.81. The number of halogens is 3. The van der Waals surface area contributed by atoms with Gasteiger partial charge in [-0.05, 0) is 11.6 Å². The molecule has 0 saturated heterocycles. The molecule has 0 aliphatic heterocycles. The molecule has 0 amide bonds. The van der Waals surface area contributed by atoms with Gasteiger partial charge in [-0.1, -0.05) is 0 Å². The molecule has 0 fully saturated rings. The van der Waals surface area contributed by atoms with Crippen molar-refractivity contribution in [2.75, 3.05) is 0 Å². The summed E-state index contributed by atoms with van der Waals surface area (Å²) in [6, 6.07) is 1.43. The van der Waals surface area contributed by atoms with Gasteiger partial charge in [0.2, 0.25) is 5.43 Å². The van der Waals surface area contributed by atoms with Crippen LogP contribution in [0.5, 0.6) is 0 Å². The minimum atomic E-state index is -3.17. The lowest BCUT2D eigenvalue weighted by Crippen LogP contribution is -2.18. The number of pyridine rings is 1. The molecule has 4 nitrogen and oxygen atoms in total. The van der Waals surface area contributed by atoms with E-state index in [2.05, 4.69) is 4.98 Å².